The zero-order chi connectivity index (χ0) is 15.6. The summed E-state index contributed by atoms with van der Waals surface area (Å²) in [5, 5.41) is 9.06. The summed E-state index contributed by atoms with van der Waals surface area (Å²) in [6, 6.07) is 3.50. The van der Waals surface area contributed by atoms with Gasteiger partial charge < -0.3 is 10.8 Å². The van der Waals surface area contributed by atoms with Gasteiger partial charge >= 0.3 is 5.97 Å². The number of nitrogen functional groups attached to an aromatic ring is 1. The molecule has 2 rings (SSSR count). The molecular weight excluding hydrogens is 364 g/mol. The van der Waals surface area contributed by atoms with Gasteiger partial charge in [-0.25, -0.2) is 23.2 Å². The minimum absolute atomic E-state index is 0.0445. The number of benzene rings is 1. The number of rotatable bonds is 4. The molecule has 10 heteroatoms. The Morgan fingerprint density at radius 1 is 1.29 bits per heavy atom. The molecule has 0 aliphatic rings. The first-order valence-corrected chi connectivity index (χ1v) is 7.70. The molecule has 0 amide bonds. The van der Waals surface area contributed by atoms with E-state index in [2.05, 4.69) is 30.6 Å². The van der Waals surface area contributed by atoms with Gasteiger partial charge in [-0.15, -0.1) is 0 Å². The summed E-state index contributed by atoms with van der Waals surface area (Å²) < 4.78 is 27.1. The van der Waals surface area contributed by atoms with Crippen molar-refractivity contribution in [1.29, 1.82) is 0 Å². The van der Waals surface area contributed by atoms with Crippen molar-refractivity contribution in [3.63, 3.8) is 0 Å². The fourth-order valence-electron chi connectivity index (χ4n) is 1.50. The van der Waals surface area contributed by atoms with Crippen molar-refractivity contribution in [2.75, 3.05) is 10.5 Å². The molecule has 0 saturated heterocycles. The van der Waals surface area contributed by atoms with Crippen LogP contribution in [0.3, 0.4) is 0 Å². The van der Waals surface area contributed by atoms with Crippen LogP contribution in [0.25, 0.3) is 0 Å². The first kappa shape index (κ1) is 15.2. The van der Waals surface area contributed by atoms with E-state index in [4.69, 9.17) is 10.8 Å². The molecule has 0 spiro atoms. The predicted octanol–water partition coefficient (Wildman–Crippen LogP) is 1.32. The van der Waals surface area contributed by atoms with Crippen molar-refractivity contribution >= 4 is 43.4 Å². The first-order chi connectivity index (χ1) is 9.79. The van der Waals surface area contributed by atoms with Crippen LogP contribution in [0.1, 0.15) is 10.4 Å². The molecule has 2 aromatic rings. The van der Waals surface area contributed by atoms with Gasteiger partial charge in [-0.2, -0.15) is 0 Å². The van der Waals surface area contributed by atoms with Gasteiger partial charge in [0.1, 0.15) is 9.50 Å². The Labute approximate surface area is 128 Å². The van der Waals surface area contributed by atoms with Crippen LogP contribution in [0, 0.1) is 0 Å². The number of nitrogens with two attached hydrogens (primary N) is 1. The lowest BCUT2D eigenvalue weighted by molar-refractivity contribution is 0.0692. The van der Waals surface area contributed by atoms with Gasteiger partial charge in [0.2, 0.25) is 0 Å². The summed E-state index contributed by atoms with van der Waals surface area (Å²) in [5.74, 6) is -1.42. The second-order valence-electron chi connectivity index (χ2n) is 3.89. The van der Waals surface area contributed by atoms with Gasteiger partial charge in [-0.3, -0.25) is 4.72 Å². The number of carboxylic acid groups (broad SMARTS) is 1. The third kappa shape index (κ3) is 3.47. The van der Waals surface area contributed by atoms with Crippen molar-refractivity contribution in [1.82, 2.24) is 9.97 Å². The van der Waals surface area contributed by atoms with Crippen LogP contribution < -0.4 is 10.5 Å². The number of aromatic nitrogens is 2. The maximum atomic E-state index is 12.3. The lowest BCUT2D eigenvalue weighted by Gasteiger charge is -2.10. The van der Waals surface area contributed by atoms with Gasteiger partial charge in [-0.1, -0.05) is 0 Å². The molecule has 8 nitrogen and oxygen atoms in total. The number of carbonyl (C=O) groups is 1. The Bertz CT molecular complexity index is 792. The summed E-state index contributed by atoms with van der Waals surface area (Å²) in [4.78, 5) is 18.3. The van der Waals surface area contributed by atoms with E-state index in [0.717, 1.165) is 12.1 Å². The SMILES string of the molecule is Nc1ccc(C(=O)O)c(S(=O)(=O)Nc2cnc(Br)cn2)c1. The standard InChI is InChI=1S/C11H9BrN4O4S/c12-9-4-15-10(5-14-9)16-21(19,20)8-3-6(13)1-2-7(8)11(17)18/h1-5H,13H2,(H,15,16)(H,17,18). The molecule has 0 fully saturated rings. The monoisotopic (exact) mass is 372 g/mol. The Morgan fingerprint density at radius 2 is 2.00 bits per heavy atom. The predicted molar refractivity (Wildman–Crippen MR) is 78.4 cm³/mol. The molecule has 0 bridgehead atoms. The third-order valence-corrected chi connectivity index (χ3v) is 4.19. The molecule has 0 aliphatic heterocycles. The average Bonchev–Trinajstić information content (AvgIpc) is 2.41. The molecule has 0 radical (unpaired) electrons. The van der Waals surface area contributed by atoms with Gasteiger partial charge in [0.05, 0.1) is 18.0 Å². The van der Waals surface area contributed by atoms with Crippen molar-refractivity contribution in [3.8, 4) is 0 Å². The molecule has 1 aromatic carbocycles. The second-order valence-corrected chi connectivity index (χ2v) is 6.35. The molecule has 0 unspecified atom stereocenters. The maximum absolute atomic E-state index is 12.3. The number of aromatic carboxylic acids is 1. The quantitative estimate of drug-likeness (QED) is 0.688. The van der Waals surface area contributed by atoms with E-state index in [0.29, 0.717) is 4.60 Å². The zero-order valence-corrected chi connectivity index (χ0v) is 12.7. The van der Waals surface area contributed by atoms with Crippen molar-refractivity contribution < 1.29 is 18.3 Å². The van der Waals surface area contributed by atoms with E-state index in [1.807, 2.05) is 0 Å². The molecule has 110 valence electrons. The average molecular weight is 373 g/mol. The van der Waals surface area contributed by atoms with Crippen molar-refractivity contribution in [2.45, 2.75) is 4.90 Å². The van der Waals surface area contributed by atoms with Gasteiger partial charge in [0.25, 0.3) is 10.0 Å². The van der Waals surface area contributed by atoms with E-state index in [1.165, 1.54) is 18.5 Å². The lowest BCUT2D eigenvalue weighted by Crippen LogP contribution is -2.18. The Morgan fingerprint density at radius 3 is 2.57 bits per heavy atom. The van der Waals surface area contributed by atoms with Crippen LogP contribution in [0.5, 0.6) is 0 Å². The van der Waals surface area contributed by atoms with Gasteiger partial charge in [0.15, 0.2) is 5.82 Å². The van der Waals surface area contributed by atoms with E-state index in [-0.39, 0.29) is 17.1 Å². The Kier molecular flexibility index (Phi) is 4.09. The minimum Gasteiger partial charge on any atom is -0.478 e. The normalized spacial score (nSPS) is 11.1. The molecule has 21 heavy (non-hydrogen) atoms. The third-order valence-electron chi connectivity index (χ3n) is 2.38. The van der Waals surface area contributed by atoms with Crippen molar-refractivity contribution in [2.24, 2.45) is 0 Å². The molecule has 1 heterocycles. The smallest absolute Gasteiger partial charge is 0.337 e. The highest BCUT2D eigenvalue weighted by molar-refractivity contribution is 9.10. The lowest BCUT2D eigenvalue weighted by atomic mass is 10.2. The van der Waals surface area contributed by atoms with Gasteiger partial charge in [-0.05, 0) is 34.1 Å². The first-order valence-electron chi connectivity index (χ1n) is 5.43. The van der Waals surface area contributed by atoms with Crippen LogP contribution in [0.4, 0.5) is 11.5 Å². The van der Waals surface area contributed by atoms with E-state index in [1.54, 1.807) is 0 Å². The number of hydrogen-bond acceptors (Lipinski definition) is 6. The summed E-state index contributed by atoms with van der Waals surface area (Å²) in [7, 11) is -4.15. The van der Waals surface area contributed by atoms with Crippen LogP contribution in [0.15, 0.2) is 40.1 Å². The fraction of sp³-hybridized carbons (Fsp3) is 0. The number of carboxylic acids is 1. The summed E-state index contributed by atoms with van der Waals surface area (Å²) in [5.41, 5.74) is 5.26. The minimum atomic E-state index is -4.15. The fourth-order valence-corrected chi connectivity index (χ4v) is 2.93. The van der Waals surface area contributed by atoms with Gasteiger partial charge in [0, 0.05) is 5.69 Å². The van der Waals surface area contributed by atoms with E-state index in [9.17, 15) is 13.2 Å². The van der Waals surface area contributed by atoms with Crippen LogP contribution in [-0.4, -0.2) is 29.5 Å². The molecule has 0 atom stereocenters. The van der Waals surface area contributed by atoms with Crippen molar-refractivity contribution in [3.05, 3.63) is 40.8 Å². The Balaban J connectivity index is 2.46. The molecule has 4 N–H and O–H groups in total. The molecular formula is C11H9BrN4O4S. The van der Waals surface area contributed by atoms with Crippen LogP contribution in [-0.2, 0) is 10.0 Å². The summed E-state index contributed by atoms with van der Waals surface area (Å²) >= 11 is 3.07. The number of nitrogens with one attached hydrogen (secondary N) is 1. The number of halogens is 1. The highest BCUT2D eigenvalue weighted by Crippen LogP contribution is 2.21. The van der Waals surface area contributed by atoms with E-state index >= 15 is 0 Å². The molecule has 1 aromatic heterocycles. The number of hydrogen-bond donors (Lipinski definition) is 3. The highest BCUT2D eigenvalue weighted by atomic mass is 79.9. The van der Waals surface area contributed by atoms with Crippen LogP contribution >= 0.6 is 15.9 Å². The zero-order valence-electron chi connectivity index (χ0n) is 10.3. The molecule has 0 aliphatic carbocycles. The van der Waals surface area contributed by atoms with Crippen LogP contribution in [0.2, 0.25) is 0 Å². The number of nitrogens with zero attached hydrogens (tertiary/aromatic N) is 2. The maximum Gasteiger partial charge on any atom is 0.337 e. The number of anilines is 2. The topological polar surface area (TPSA) is 135 Å². The second kappa shape index (κ2) is 5.66. The number of sulfonamides is 1. The summed E-state index contributed by atoms with van der Waals surface area (Å²) in [6.07, 6.45) is 2.49. The highest BCUT2D eigenvalue weighted by Gasteiger charge is 2.23. The summed E-state index contributed by atoms with van der Waals surface area (Å²) in [6.45, 7) is 0. The molecule has 0 saturated carbocycles. The largest absolute Gasteiger partial charge is 0.478 e. The van der Waals surface area contributed by atoms with E-state index < -0.39 is 20.9 Å². The Hall–Kier alpha value is -2.20.